The number of nitrogens with zero attached hydrogens (tertiary/aromatic N) is 2. The predicted molar refractivity (Wildman–Crippen MR) is 75.3 cm³/mol. The summed E-state index contributed by atoms with van der Waals surface area (Å²) in [5.74, 6) is -0.740. The number of hydrogen-bond donors (Lipinski definition) is 1. The van der Waals surface area contributed by atoms with Crippen LogP contribution >= 0.6 is 0 Å². The van der Waals surface area contributed by atoms with Crippen molar-refractivity contribution in [2.24, 2.45) is 0 Å². The smallest absolute Gasteiger partial charge is 0.343 e. The van der Waals surface area contributed by atoms with Crippen LogP contribution < -0.4 is 0 Å². The van der Waals surface area contributed by atoms with Crippen LogP contribution in [0.3, 0.4) is 0 Å². The van der Waals surface area contributed by atoms with E-state index in [1.54, 1.807) is 19.1 Å². The highest BCUT2D eigenvalue weighted by Crippen LogP contribution is 2.27. The first-order valence-electron chi connectivity index (χ1n) is 7.09. The van der Waals surface area contributed by atoms with Crippen LogP contribution in [0, 0.1) is 6.92 Å². The van der Waals surface area contributed by atoms with Crippen LogP contribution in [-0.2, 0) is 16.0 Å². The highest BCUT2D eigenvalue weighted by atomic mass is 19.1. The summed E-state index contributed by atoms with van der Waals surface area (Å²) in [6, 6.07) is 3.37. The molecule has 2 aromatic heterocycles. The molecule has 3 rings (SSSR count). The lowest BCUT2D eigenvalue weighted by atomic mass is 10.1. The Morgan fingerprint density at radius 3 is 2.91 bits per heavy atom. The molecule has 1 N–H and O–H groups in total. The molecule has 122 valence electrons. The summed E-state index contributed by atoms with van der Waals surface area (Å²) in [4.78, 5) is 28.5. The third-order valence-electron chi connectivity index (χ3n) is 3.90. The van der Waals surface area contributed by atoms with Gasteiger partial charge in [0.2, 0.25) is 11.6 Å². The Balaban J connectivity index is 1.71. The van der Waals surface area contributed by atoms with Crippen molar-refractivity contribution in [2.75, 3.05) is 13.1 Å². The summed E-state index contributed by atoms with van der Waals surface area (Å²) in [7, 11) is 0. The number of furan rings is 1. The van der Waals surface area contributed by atoms with Crippen molar-refractivity contribution in [3.05, 3.63) is 29.9 Å². The molecular weight excluding hydrogens is 307 g/mol. The van der Waals surface area contributed by atoms with Gasteiger partial charge < -0.3 is 18.8 Å². The zero-order chi connectivity index (χ0) is 16.6. The number of rotatable bonds is 4. The van der Waals surface area contributed by atoms with Crippen molar-refractivity contribution in [1.82, 2.24) is 9.88 Å². The van der Waals surface area contributed by atoms with E-state index in [1.165, 1.54) is 11.2 Å². The molecule has 0 radical (unpaired) electrons. The fourth-order valence-electron chi connectivity index (χ4n) is 2.51. The molecule has 0 aliphatic carbocycles. The van der Waals surface area contributed by atoms with Gasteiger partial charge in [-0.05, 0) is 19.1 Å². The molecule has 1 atom stereocenters. The molecular formula is C15H15FN2O5. The van der Waals surface area contributed by atoms with Gasteiger partial charge in [0.15, 0.2) is 5.76 Å². The Morgan fingerprint density at radius 2 is 2.30 bits per heavy atom. The van der Waals surface area contributed by atoms with Crippen molar-refractivity contribution in [2.45, 2.75) is 25.4 Å². The number of carboxylic acids is 1. The summed E-state index contributed by atoms with van der Waals surface area (Å²) >= 11 is 0. The molecule has 2 aromatic rings. The number of oxazole rings is 1. The summed E-state index contributed by atoms with van der Waals surface area (Å²) in [5, 5.41) is 8.86. The van der Waals surface area contributed by atoms with Gasteiger partial charge in [0, 0.05) is 13.0 Å². The largest absolute Gasteiger partial charge is 0.479 e. The number of alkyl halides is 1. The number of aliphatic carboxylic acids is 1. The summed E-state index contributed by atoms with van der Waals surface area (Å²) in [5.41, 5.74) is -1.94. The SMILES string of the molecule is Cc1oc(-c2ccco2)nc1CC(=O)N1CCC(F)(C(=O)O)C1. The van der Waals surface area contributed by atoms with E-state index in [2.05, 4.69) is 4.98 Å². The predicted octanol–water partition coefficient (Wildman–Crippen LogP) is 1.81. The number of amides is 1. The topological polar surface area (TPSA) is 96.8 Å². The second-order valence-corrected chi connectivity index (χ2v) is 5.51. The van der Waals surface area contributed by atoms with Gasteiger partial charge in [0.1, 0.15) is 5.76 Å². The van der Waals surface area contributed by atoms with Gasteiger partial charge in [-0.25, -0.2) is 14.2 Å². The molecule has 23 heavy (non-hydrogen) atoms. The number of carbonyl (C=O) groups excluding carboxylic acids is 1. The molecule has 0 spiro atoms. The zero-order valence-electron chi connectivity index (χ0n) is 12.4. The molecule has 3 heterocycles. The normalized spacial score (nSPS) is 20.9. The van der Waals surface area contributed by atoms with Crippen molar-refractivity contribution in [1.29, 1.82) is 0 Å². The number of likely N-dealkylation sites (tertiary alicyclic amines) is 1. The average molecular weight is 322 g/mol. The van der Waals surface area contributed by atoms with Gasteiger partial charge in [-0.3, -0.25) is 4.79 Å². The van der Waals surface area contributed by atoms with Crippen LogP contribution in [0.4, 0.5) is 4.39 Å². The third-order valence-corrected chi connectivity index (χ3v) is 3.90. The van der Waals surface area contributed by atoms with Crippen molar-refractivity contribution in [3.63, 3.8) is 0 Å². The lowest BCUT2D eigenvalue weighted by molar-refractivity contribution is -0.150. The number of carboxylic acid groups (broad SMARTS) is 1. The monoisotopic (exact) mass is 322 g/mol. The van der Waals surface area contributed by atoms with Gasteiger partial charge >= 0.3 is 5.97 Å². The Labute approximate surface area is 130 Å². The molecule has 1 fully saturated rings. The molecule has 1 amide bonds. The van der Waals surface area contributed by atoms with Crippen LogP contribution in [0.5, 0.6) is 0 Å². The molecule has 0 saturated carbocycles. The first-order valence-corrected chi connectivity index (χ1v) is 7.09. The van der Waals surface area contributed by atoms with E-state index in [-0.39, 0.29) is 31.2 Å². The van der Waals surface area contributed by atoms with Crippen LogP contribution in [0.1, 0.15) is 17.9 Å². The summed E-state index contributed by atoms with van der Waals surface area (Å²) < 4.78 is 24.7. The maximum absolute atomic E-state index is 14.0. The lowest BCUT2D eigenvalue weighted by Crippen LogP contribution is -2.39. The average Bonchev–Trinajstić information content (AvgIpc) is 3.20. The van der Waals surface area contributed by atoms with Crippen molar-refractivity contribution in [3.8, 4) is 11.7 Å². The highest BCUT2D eigenvalue weighted by Gasteiger charge is 2.46. The maximum atomic E-state index is 14.0. The summed E-state index contributed by atoms with van der Waals surface area (Å²) in [6.07, 6.45) is 1.20. The minimum Gasteiger partial charge on any atom is -0.479 e. The Hall–Kier alpha value is -2.64. The van der Waals surface area contributed by atoms with Crippen LogP contribution in [-0.4, -0.2) is 45.6 Å². The molecule has 1 aliphatic heterocycles. The first kappa shape index (κ1) is 15.3. The van der Waals surface area contributed by atoms with Gasteiger partial charge in [-0.2, -0.15) is 0 Å². The Bertz CT molecular complexity index is 739. The lowest BCUT2D eigenvalue weighted by Gasteiger charge is -2.17. The van der Waals surface area contributed by atoms with E-state index < -0.39 is 18.2 Å². The third kappa shape index (κ3) is 2.84. The van der Waals surface area contributed by atoms with E-state index in [0.29, 0.717) is 17.2 Å². The van der Waals surface area contributed by atoms with Crippen molar-refractivity contribution >= 4 is 11.9 Å². The number of aromatic nitrogens is 1. The summed E-state index contributed by atoms with van der Waals surface area (Å²) in [6.45, 7) is 1.30. The van der Waals surface area contributed by atoms with Crippen LogP contribution in [0.15, 0.2) is 27.2 Å². The maximum Gasteiger partial charge on any atom is 0.343 e. The number of aryl methyl sites for hydroxylation is 1. The van der Waals surface area contributed by atoms with E-state index in [9.17, 15) is 14.0 Å². The molecule has 8 heteroatoms. The fraction of sp³-hybridized carbons (Fsp3) is 0.400. The number of halogens is 1. The van der Waals surface area contributed by atoms with Gasteiger partial charge in [0.05, 0.1) is 24.9 Å². The quantitative estimate of drug-likeness (QED) is 0.922. The first-order chi connectivity index (χ1) is 10.9. The zero-order valence-corrected chi connectivity index (χ0v) is 12.4. The van der Waals surface area contributed by atoms with Gasteiger partial charge in [-0.1, -0.05) is 0 Å². The Kier molecular flexibility index (Phi) is 3.67. The van der Waals surface area contributed by atoms with Crippen LogP contribution in [0.25, 0.3) is 11.7 Å². The molecule has 1 saturated heterocycles. The second-order valence-electron chi connectivity index (χ2n) is 5.51. The number of carbonyl (C=O) groups is 2. The van der Waals surface area contributed by atoms with Crippen molar-refractivity contribution < 1.29 is 27.9 Å². The molecule has 1 unspecified atom stereocenters. The van der Waals surface area contributed by atoms with Gasteiger partial charge in [0.25, 0.3) is 5.89 Å². The number of hydrogen-bond acceptors (Lipinski definition) is 5. The standard InChI is InChI=1S/C15H15FN2O5/c1-9-10(17-13(23-9)11-3-2-6-22-11)7-12(19)18-5-4-15(16,8-18)14(20)21/h2-3,6H,4-5,7-8H2,1H3,(H,20,21). The fourth-order valence-corrected chi connectivity index (χ4v) is 2.51. The highest BCUT2D eigenvalue weighted by molar-refractivity contribution is 5.83. The van der Waals surface area contributed by atoms with Crippen LogP contribution in [0.2, 0.25) is 0 Å². The minimum absolute atomic E-state index is 0.0730. The minimum atomic E-state index is -2.37. The Morgan fingerprint density at radius 1 is 1.52 bits per heavy atom. The van der Waals surface area contributed by atoms with Gasteiger partial charge in [-0.15, -0.1) is 0 Å². The molecule has 0 aromatic carbocycles. The molecule has 7 nitrogen and oxygen atoms in total. The molecule has 0 bridgehead atoms. The second kappa shape index (κ2) is 5.53. The van der Waals surface area contributed by atoms with E-state index in [1.807, 2.05) is 0 Å². The van der Waals surface area contributed by atoms with E-state index in [0.717, 1.165) is 0 Å². The molecule has 1 aliphatic rings. The van der Waals surface area contributed by atoms with E-state index >= 15 is 0 Å². The van der Waals surface area contributed by atoms with E-state index in [4.69, 9.17) is 13.9 Å².